The summed E-state index contributed by atoms with van der Waals surface area (Å²) >= 11 is 0. The van der Waals surface area contributed by atoms with E-state index in [9.17, 15) is 33.0 Å². The number of amides is 2. The second-order valence-corrected chi connectivity index (χ2v) is 6.28. The number of rotatable bonds is 5. The number of hydrogen-bond donors (Lipinski definition) is 3. The van der Waals surface area contributed by atoms with Gasteiger partial charge in [0, 0.05) is 31.4 Å². The van der Waals surface area contributed by atoms with Crippen LogP contribution < -0.4 is 15.4 Å². The molecule has 1 aliphatic rings. The first kappa shape index (κ1) is 20.8. The van der Waals surface area contributed by atoms with Gasteiger partial charge in [0.1, 0.15) is 5.75 Å². The largest absolute Gasteiger partial charge is 0.573 e. The third-order valence-electron chi connectivity index (χ3n) is 4.18. The summed E-state index contributed by atoms with van der Waals surface area (Å²) in [5.41, 5.74) is 5.48. The van der Waals surface area contributed by atoms with E-state index in [1.807, 2.05) is 4.90 Å². The second kappa shape index (κ2) is 7.61. The number of benzene rings is 1. The van der Waals surface area contributed by atoms with Crippen LogP contribution >= 0.6 is 0 Å². The first-order chi connectivity index (χ1) is 12.4. The number of anilines is 1. The van der Waals surface area contributed by atoms with Gasteiger partial charge in [-0.15, -0.1) is 13.2 Å². The zero-order valence-electron chi connectivity index (χ0n) is 14.4. The Kier molecular flexibility index (Phi) is 5.85. The predicted octanol–water partition coefficient (Wildman–Crippen LogP) is 0.179. The van der Waals surface area contributed by atoms with E-state index in [1.165, 1.54) is 29.2 Å². The number of primary amides is 1. The van der Waals surface area contributed by atoms with Gasteiger partial charge in [-0.2, -0.15) is 0 Å². The van der Waals surface area contributed by atoms with E-state index >= 15 is 0 Å². The van der Waals surface area contributed by atoms with E-state index in [-0.39, 0.29) is 18.3 Å². The van der Waals surface area contributed by atoms with Crippen LogP contribution in [-0.4, -0.2) is 64.8 Å². The van der Waals surface area contributed by atoms with Crippen LogP contribution in [0.3, 0.4) is 0 Å². The molecular formula is C16H20F3N3O5. The lowest BCUT2D eigenvalue weighted by molar-refractivity contribution is -0.274. The van der Waals surface area contributed by atoms with Crippen molar-refractivity contribution < 1.29 is 37.7 Å². The van der Waals surface area contributed by atoms with E-state index in [2.05, 4.69) is 4.74 Å². The van der Waals surface area contributed by atoms with Crippen LogP contribution in [0.1, 0.15) is 13.3 Å². The third-order valence-corrected chi connectivity index (χ3v) is 4.18. The lowest BCUT2D eigenvalue weighted by Gasteiger charge is -2.41. The topological polar surface area (TPSA) is 116 Å². The number of piperazine rings is 1. The Bertz CT molecular complexity index is 694. The Morgan fingerprint density at radius 2 is 1.81 bits per heavy atom. The number of nitrogens with two attached hydrogens (primary N) is 1. The Morgan fingerprint density at radius 1 is 1.22 bits per heavy atom. The van der Waals surface area contributed by atoms with Crippen LogP contribution in [0, 0.1) is 0 Å². The minimum atomic E-state index is -4.76. The predicted molar refractivity (Wildman–Crippen MR) is 87.5 cm³/mol. The summed E-state index contributed by atoms with van der Waals surface area (Å²) in [6, 6.07) is 5.02. The van der Waals surface area contributed by atoms with Crippen LogP contribution in [0.5, 0.6) is 5.75 Å². The first-order valence-electron chi connectivity index (χ1n) is 8.04. The van der Waals surface area contributed by atoms with Gasteiger partial charge in [-0.05, 0) is 31.2 Å². The fraction of sp³-hybridized carbons (Fsp3) is 0.500. The number of nitrogens with zero attached hydrogens (tertiary/aromatic N) is 2. The van der Waals surface area contributed by atoms with Gasteiger partial charge in [0.2, 0.25) is 5.91 Å². The fourth-order valence-electron chi connectivity index (χ4n) is 2.82. The van der Waals surface area contributed by atoms with E-state index in [4.69, 9.17) is 5.73 Å². The molecule has 27 heavy (non-hydrogen) atoms. The highest BCUT2D eigenvalue weighted by atomic mass is 19.4. The highest BCUT2D eigenvalue weighted by Crippen LogP contribution is 2.26. The summed E-state index contributed by atoms with van der Waals surface area (Å²) in [6.07, 6.45) is -5.61. The number of ether oxygens (including phenoxy) is 1. The molecule has 0 bridgehead atoms. The number of hydrogen-bond acceptors (Lipinski definition) is 6. The Labute approximate surface area is 152 Å². The molecule has 1 aromatic rings. The average molecular weight is 391 g/mol. The van der Waals surface area contributed by atoms with Crippen LogP contribution in [0.15, 0.2) is 24.3 Å². The quantitative estimate of drug-likeness (QED) is 0.617. The molecule has 8 nitrogen and oxygen atoms in total. The summed E-state index contributed by atoms with van der Waals surface area (Å²) in [7, 11) is 0. The van der Waals surface area contributed by atoms with Gasteiger partial charge < -0.3 is 30.5 Å². The molecule has 11 heteroatoms. The Balaban J connectivity index is 1.98. The fourth-order valence-corrected chi connectivity index (χ4v) is 2.82. The molecule has 1 aliphatic heterocycles. The molecule has 2 rings (SSSR count). The molecule has 1 fully saturated rings. The normalized spacial score (nSPS) is 18.4. The van der Waals surface area contributed by atoms with E-state index < -0.39 is 30.4 Å². The summed E-state index contributed by atoms with van der Waals surface area (Å²) in [6.45, 7) is 2.70. The molecule has 0 unspecified atom stereocenters. The van der Waals surface area contributed by atoms with Gasteiger partial charge in [-0.3, -0.25) is 9.59 Å². The molecule has 0 aliphatic carbocycles. The van der Waals surface area contributed by atoms with Crippen molar-refractivity contribution in [3.63, 3.8) is 0 Å². The number of carbonyl (C=O) groups excluding carboxylic acids is 2. The summed E-state index contributed by atoms with van der Waals surface area (Å²) in [4.78, 5) is 26.4. The zero-order valence-corrected chi connectivity index (χ0v) is 14.4. The molecule has 0 saturated carbocycles. The van der Waals surface area contributed by atoms with Crippen molar-refractivity contribution in [2.75, 3.05) is 24.5 Å². The number of alkyl halides is 3. The molecule has 1 aromatic carbocycles. The van der Waals surface area contributed by atoms with Crippen LogP contribution in [0.2, 0.25) is 0 Å². The molecule has 1 heterocycles. The minimum absolute atomic E-state index is 0.232. The average Bonchev–Trinajstić information content (AvgIpc) is 2.53. The molecule has 0 aromatic heterocycles. The summed E-state index contributed by atoms with van der Waals surface area (Å²) < 4.78 is 40.4. The van der Waals surface area contributed by atoms with Gasteiger partial charge in [-0.25, -0.2) is 0 Å². The maximum atomic E-state index is 12.2. The molecule has 1 saturated heterocycles. The Hall–Kier alpha value is -2.53. The molecule has 2 amide bonds. The third kappa shape index (κ3) is 5.47. The van der Waals surface area contributed by atoms with Gasteiger partial charge in [-0.1, -0.05) is 0 Å². The highest BCUT2D eigenvalue weighted by Gasteiger charge is 2.38. The van der Waals surface area contributed by atoms with Crippen LogP contribution in [-0.2, 0) is 9.59 Å². The highest BCUT2D eigenvalue weighted by molar-refractivity contribution is 5.88. The standard InChI is InChI=1S/C16H20F3N3O5/c1-10-9-21(11-2-4-12(5-3-11)27-16(17,18)19)6-7-22(10)13(23)8-15(25,26)14(20)24/h2-5,10,25-26H,6-9H2,1H3,(H2,20,24)/t10-/m1/s1. The van der Waals surface area contributed by atoms with Gasteiger partial charge >= 0.3 is 6.36 Å². The molecule has 1 atom stereocenters. The zero-order chi connectivity index (χ0) is 20.4. The number of carbonyl (C=O) groups is 2. The van der Waals surface area contributed by atoms with Crippen molar-refractivity contribution in [3.8, 4) is 5.75 Å². The lowest BCUT2D eigenvalue weighted by Crippen LogP contribution is -2.56. The Morgan fingerprint density at radius 3 is 2.30 bits per heavy atom. The van der Waals surface area contributed by atoms with Crippen LogP contribution in [0.4, 0.5) is 18.9 Å². The monoisotopic (exact) mass is 391 g/mol. The maximum Gasteiger partial charge on any atom is 0.573 e. The van der Waals surface area contributed by atoms with Gasteiger partial charge in [0.05, 0.1) is 6.42 Å². The van der Waals surface area contributed by atoms with Gasteiger partial charge in [0.15, 0.2) is 0 Å². The molecule has 4 N–H and O–H groups in total. The van der Waals surface area contributed by atoms with Crippen molar-refractivity contribution in [1.82, 2.24) is 4.90 Å². The van der Waals surface area contributed by atoms with Crippen LogP contribution in [0.25, 0.3) is 0 Å². The number of aliphatic hydroxyl groups is 2. The number of halogens is 3. The molecule has 0 spiro atoms. The summed E-state index contributed by atoms with van der Waals surface area (Å²) in [5, 5.41) is 18.9. The minimum Gasteiger partial charge on any atom is -0.406 e. The van der Waals surface area contributed by atoms with E-state index in [0.29, 0.717) is 18.8 Å². The SMILES string of the molecule is C[C@@H]1CN(c2ccc(OC(F)(F)F)cc2)CCN1C(=O)CC(O)(O)C(N)=O. The maximum absolute atomic E-state index is 12.2. The second-order valence-electron chi connectivity index (χ2n) is 6.28. The van der Waals surface area contributed by atoms with Crippen molar-refractivity contribution in [2.24, 2.45) is 5.73 Å². The van der Waals surface area contributed by atoms with E-state index in [1.54, 1.807) is 6.92 Å². The molecule has 0 radical (unpaired) electrons. The smallest absolute Gasteiger partial charge is 0.406 e. The molecule has 150 valence electrons. The van der Waals surface area contributed by atoms with E-state index in [0.717, 1.165) is 0 Å². The molecular weight excluding hydrogens is 371 g/mol. The first-order valence-corrected chi connectivity index (χ1v) is 8.04. The van der Waals surface area contributed by atoms with Crippen molar-refractivity contribution in [1.29, 1.82) is 0 Å². The lowest BCUT2D eigenvalue weighted by atomic mass is 10.1. The van der Waals surface area contributed by atoms with Gasteiger partial charge in [0.25, 0.3) is 11.7 Å². The van der Waals surface area contributed by atoms with Crippen molar-refractivity contribution in [3.05, 3.63) is 24.3 Å². The van der Waals surface area contributed by atoms with Crippen molar-refractivity contribution >= 4 is 17.5 Å². The van der Waals surface area contributed by atoms with Crippen molar-refractivity contribution in [2.45, 2.75) is 31.5 Å². The summed E-state index contributed by atoms with van der Waals surface area (Å²) in [5.74, 6) is -5.30.